The maximum absolute atomic E-state index is 12.8. The largest absolute Gasteiger partial charge is 0.478 e. The van der Waals surface area contributed by atoms with Crippen molar-refractivity contribution in [3.8, 4) is 5.75 Å². The molecule has 1 saturated heterocycles. The number of anilines is 3. The number of carbonyl (C=O) groups is 1. The van der Waals surface area contributed by atoms with Crippen molar-refractivity contribution in [2.24, 2.45) is 0 Å². The van der Waals surface area contributed by atoms with Gasteiger partial charge in [-0.05, 0) is 50.5 Å². The average molecular weight is 471 g/mol. The first kappa shape index (κ1) is 22.8. The number of amides is 1. The zero-order valence-corrected chi connectivity index (χ0v) is 19.5. The summed E-state index contributed by atoms with van der Waals surface area (Å²) in [7, 11) is 1.52. The molecule has 33 heavy (non-hydrogen) atoms. The molecule has 2 N–H and O–H groups in total. The van der Waals surface area contributed by atoms with Gasteiger partial charge in [-0.3, -0.25) is 9.59 Å². The van der Waals surface area contributed by atoms with E-state index in [1.165, 1.54) is 13.5 Å². The molecule has 0 bridgehead atoms. The number of nitrogens with one attached hydrogen (secondary N) is 2. The van der Waals surface area contributed by atoms with E-state index in [0.29, 0.717) is 23.3 Å². The summed E-state index contributed by atoms with van der Waals surface area (Å²) >= 11 is 6.37. The lowest BCUT2D eigenvalue weighted by molar-refractivity contribution is -0.122. The lowest BCUT2D eigenvalue weighted by Crippen LogP contribution is -2.31. The molecule has 1 amide bonds. The molecule has 3 heterocycles. The van der Waals surface area contributed by atoms with E-state index in [9.17, 15) is 9.59 Å². The van der Waals surface area contributed by atoms with Gasteiger partial charge in [-0.2, -0.15) is 4.98 Å². The second-order valence-electron chi connectivity index (χ2n) is 7.83. The molecule has 0 atom stereocenters. The monoisotopic (exact) mass is 470 g/mol. The molecule has 3 aromatic rings. The predicted molar refractivity (Wildman–Crippen MR) is 130 cm³/mol. The van der Waals surface area contributed by atoms with Gasteiger partial charge in [0.2, 0.25) is 5.95 Å². The number of likely N-dealkylation sites (N-methyl/N-ethyl adjacent to an activating group) is 1. The summed E-state index contributed by atoms with van der Waals surface area (Å²) in [4.78, 5) is 35.5. The van der Waals surface area contributed by atoms with Gasteiger partial charge in [-0.25, -0.2) is 4.98 Å². The number of halogens is 1. The van der Waals surface area contributed by atoms with E-state index in [1.54, 1.807) is 16.8 Å². The number of hydrogen-bond acceptors (Lipinski definition) is 7. The number of nitrogens with zero attached hydrogens (tertiary/aromatic N) is 4. The molecule has 1 aromatic carbocycles. The van der Waals surface area contributed by atoms with E-state index < -0.39 is 0 Å². The van der Waals surface area contributed by atoms with E-state index in [-0.39, 0.29) is 23.8 Å². The first-order chi connectivity index (χ1) is 16.0. The Morgan fingerprint density at radius 2 is 2.00 bits per heavy atom. The minimum absolute atomic E-state index is 0.123. The van der Waals surface area contributed by atoms with Crippen molar-refractivity contribution in [2.75, 3.05) is 37.0 Å². The molecule has 0 spiro atoms. The lowest BCUT2D eigenvalue weighted by Gasteiger charge is -2.26. The SMILES string of the molecule is CCn1c(=O)c(OCC(=O)NC)cc2cc(Nc3nc(N4CCCCC4)ncc3Cl)ccc21. The summed E-state index contributed by atoms with van der Waals surface area (Å²) in [5.41, 5.74) is 1.24. The van der Waals surface area contributed by atoms with Crippen molar-refractivity contribution in [3.63, 3.8) is 0 Å². The quantitative estimate of drug-likeness (QED) is 0.546. The third kappa shape index (κ3) is 5.03. The Morgan fingerprint density at radius 1 is 1.21 bits per heavy atom. The van der Waals surface area contributed by atoms with Gasteiger partial charge in [0.25, 0.3) is 11.5 Å². The first-order valence-corrected chi connectivity index (χ1v) is 11.4. The molecule has 0 unspecified atom stereocenters. The van der Waals surface area contributed by atoms with Crippen LogP contribution in [0.25, 0.3) is 10.9 Å². The summed E-state index contributed by atoms with van der Waals surface area (Å²) in [6.45, 7) is 4.00. The molecule has 174 valence electrons. The van der Waals surface area contributed by atoms with Crippen LogP contribution in [-0.4, -0.2) is 47.2 Å². The van der Waals surface area contributed by atoms with Crippen molar-refractivity contribution >= 4 is 45.9 Å². The van der Waals surface area contributed by atoms with Gasteiger partial charge >= 0.3 is 0 Å². The number of carbonyl (C=O) groups excluding carboxylic acids is 1. The van der Waals surface area contributed by atoms with Crippen molar-refractivity contribution < 1.29 is 9.53 Å². The highest BCUT2D eigenvalue weighted by Crippen LogP contribution is 2.28. The minimum Gasteiger partial charge on any atom is -0.478 e. The van der Waals surface area contributed by atoms with Crippen molar-refractivity contribution in [1.82, 2.24) is 19.9 Å². The van der Waals surface area contributed by atoms with Gasteiger partial charge in [-0.15, -0.1) is 0 Å². The minimum atomic E-state index is -0.309. The van der Waals surface area contributed by atoms with Crippen LogP contribution in [-0.2, 0) is 11.3 Å². The number of fused-ring (bicyclic) bond motifs is 1. The van der Waals surface area contributed by atoms with E-state index in [1.807, 2.05) is 25.1 Å². The van der Waals surface area contributed by atoms with Crippen LogP contribution >= 0.6 is 11.6 Å². The number of pyridine rings is 1. The summed E-state index contributed by atoms with van der Waals surface area (Å²) in [6, 6.07) is 7.29. The predicted octanol–water partition coefficient (Wildman–Crippen LogP) is 3.32. The molecule has 1 aliphatic rings. The molecule has 9 nitrogen and oxygen atoms in total. The Labute approximate surface area is 196 Å². The second-order valence-corrected chi connectivity index (χ2v) is 8.24. The Balaban J connectivity index is 1.65. The Hall–Kier alpha value is -3.33. The molecule has 4 rings (SSSR count). The molecule has 0 radical (unpaired) electrons. The molecular formula is C23H27ClN6O3. The fourth-order valence-corrected chi connectivity index (χ4v) is 4.04. The van der Waals surface area contributed by atoms with E-state index in [0.717, 1.165) is 42.5 Å². The standard InChI is InChI=1S/C23H27ClN6O3/c1-3-30-18-8-7-16(11-15(18)12-19(22(30)32)33-14-20(31)25-2)27-21-17(24)13-26-23(28-21)29-9-5-4-6-10-29/h7-8,11-13H,3-6,9-10,14H2,1-2H3,(H,25,31)(H,26,27,28). The topological polar surface area (TPSA) is 101 Å². The smallest absolute Gasteiger partial charge is 0.293 e. The summed E-state index contributed by atoms with van der Waals surface area (Å²) in [5, 5.41) is 6.96. The van der Waals surface area contributed by atoms with Gasteiger partial charge in [0.1, 0.15) is 5.02 Å². The molecule has 1 fully saturated rings. The number of rotatable bonds is 7. The zero-order chi connectivity index (χ0) is 23.4. The van der Waals surface area contributed by atoms with Gasteiger partial charge in [0, 0.05) is 37.8 Å². The number of piperidine rings is 1. The molecule has 1 aliphatic heterocycles. The molecule has 0 aliphatic carbocycles. The fourth-order valence-electron chi connectivity index (χ4n) is 3.90. The Morgan fingerprint density at radius 3 is 2.73 bits per heavy atom. The highest BCUT2D eigenvalue weighted by molar-refractivity contribution is 6.32. The van der Waals surface area contributed by atoms with Crippen LogP contribution in [0.3, 0.4) is 0 Å². The molecular weight excluding hydrogens is 444 g/mol. The summed E-state index contributed by atoms with van der Waals surface area (Å²) in [5.74, 6) is 0.993. The molecule has 0 saturated carbocycles. The molecule has 2 aromatic heterocycles. The van der Waals surface area contributed by atoms with Gasteiger partial charge in [0.05, 0.1) is 11.7 Å². The number of benzene rings is 1. The zero-order valence-electron chi connectivity index (χ0n) is 18.7. The van der Waals surface area contributed by atoms with Crippen LogP contribution in [0.2, 0.25) is 5.02 Å². The van der Waals surface area contributed by atoms with Crippen LogP contribution in [0.15, 0.2) is 35.3 Å². The average Bonchev–Trinajstić information content (AvgIpc) is 2.84. The van der Waals surface area contributed by atoms with E-state index in [4.69, 9.17) is 16.3 Å². The number of aromatic nitrogens is 3. The highest BCUT2D eigenvalue weighted by atomic mass is 35.5. The third-order valence-electron chi connectivity index (χ3n) is 5.65. The van der Waals surface area contributed by atoms with Gasteiger partial charge < -0.3 is 24.8 Å². The summed E-state index contributed by atoms with van der Waals surface area (Å²) in [6.07, 6.45) is 5.09. The fraction of sp³-hybridized carbons (Fsp3) is 0.391. The Kier molecular flexibility index (Phi) is 6.98. The van der Waals surface area contributed by atoms with Crippen LogP contribution in [0.5, 0.6) is 5.75 Å². The summed E-state index contributed by atoms with van der Waals surface area (Å²) < 4.78 is 7.10. The van der Waals surface area contributed by atoms with E-state index in [2.05, 4.69) is 25.5 Å². The van der Waals surface area contributed by atoms with Crippen molar-refractivity contribution in [1.29, 1.82) is 0 Å². The Bertz CT molecular complexity index is 1220. The van der Waals surface area contributed by atoms with E-state index >= 15 is 0 Å². The van der Waals surface area contributed by atoms with Crippen molar-refractivity contribution in [3.05, 3.63) is 45.8 Å². The second kappa shape index (κ2) is 10.1. The van der Waals surface area contributed by atoms with Gasteiger partial charge in [-0.1, -0.05) is 11.6 Å². The number of ether oxygens (including phenoxy) is 1. The maximum atomic E-state index is 12.8. The highest BCUT2D eigenvalue weighted by Gasteiger charge is 2.16. The normalized spacial score (nSPS) is 13.7. The number of hydrogen-bond donors (Lipinski definition) is 2. The van der Waals surface area contributed by atoms with Crippen LogP contribution in [0, 0.1) is 0 Å². The van der Waals surface area contributed by atoms with Gasteiger partial charge in [0.15, 0.2) is 18.2 Å². The first-order valence-electron chi connectivity index (χ1n) is 11.1. The van der Waals surface area contributed by atoms with Crippen LogP contribution < -0.4 is 25.8 Å². The number of aryl methyl sites for hydroxylation is 1. The van der Waals surface area contributed by atoms with Crippen molar-refractivity contribution in [2.45, 2.75) is 32.7 Å². The maximum Gasteiger partial charge on any atom is 0.293 e. The third-order valence-corrected chi connectivity index (χ3v) is 5.92. The van der Waals surface area contributed by atoms with Crippen LogP contribution in [0.1, 0.15) is 26.2 Å². The lowest BCUT2D eigenvalue weighted by atomic mass is 10.1. The van der Waals surface area contributed by atoms with Crippen LogP contribution in [0.4, 0.5) is 17.5 Å². The molecule has 10 heteroatoms.